The molecule has 1 heterocycles. The van der Waals surface area contributed by atoms with Crippen molar-refractivity contribution in [2.75, 3.05) is 26.2 Å². The molecule has 1 N–H and O–H groups in total. The van der Waals surface area contributed by atoms with Crippen molar-refractivity contribution >= 4 is 15.9 Å². The zero-order valence-corrected chi connectivity index (χ0v) is 18.1. The van der Waals surface area contributed by atoms with Gasteiger partial charge < -0.3 is 14.8 Å². The van der Waals surface area contributed by atoms with Gasteiger partial charge in [-0.2, -0.15) is 4.31 Å². The summed E-state index contributed by atoms with van der Waals surface area (Å²) in [7, 11) is -3.62. The van der Waals surface area contributed by atoms with E-state index in [2.05, 4.69) is 5.32 Å². The van der Waals surface area contributed by atoms with Crippen molar-refractivity contribution in [2.45, 2.75) is 37.4 Å². The fourth-order valence-corrected chi connectivity index (χ4v) is 4.93. The number of nitrogens with zero attached hydrogens (tertiary/aromatic N) is 1. The number of rotatable bonds is 8. The third-order valence-corrected chi connectivity index (χ3v) is 6.60. The first kappa shape index (κ1) is 22.3. The largest absolute Gasteiger partial charge is 0.494 e. The topological polar surface area (TPSA) is 84.9 Å². The van der Waals surface area contributed by atoms with Crippen LogP contribution in [0.1, 0.15) is 30.6 Å². The fraction of sp³-hybridized carbons (Fsp3) is 0.409. The van der Waals surface area contributed by atoms with Crippen LogP contribution in [0.5, 0.6) is 5.75 Å². The van der Waals surface area contributed by atoms with Crippen LogP contribution < -0.4 is 10.1 Å². The summed E-state index contributed by atoms with van der Waals surface area (Å²) < 4.78 is 38.4. The van der Waals surface area contributed by atoms with E-state index in [9.17, 15) is 13.2 Å². The number of hydrogen-bond acceptors (Lipinski definition) is 5. The summed E-state index contributed by atoms with van der Waals surface area (Å²) in [6, 6.07) is 15.5. The second kappa shape index (κ2) is 10.1. The highest BCUT2D eigenvalue weighted by atomic mass is 32.2. The lowest BCUT2D eigenvalue weighted by atomic mass is 10.2. The molecule has 2 unspecified atom stereocenters. The van der Waals surface area contributed by atoms with Crippen molar-refractivity contribution in [2.24, 2.45) is 0 Å². The molecule has 3 rings (SSSR count). The molecule has 1 fully saturated rings. The van der Waals surface area contributed by atoms with Crippen LogP contribution >= 0.6 is 0 Å². The molecule has 0 aliphatic carbocycles. The first-order chi connectivity index (χ1) is 14.4. The molecule has 0 bridgehead atoms. The van der Waals surface area contributed by atoms with Crippen LogP contribution in [0.4, 0.5) is 0 Å². The summed E-state index contributed by atoms with van der Waals surface area (Å²) in [6.07, 6.45) is 0.361. The molecular weight excluding hydrogens is 404 g/mol. The highest BCUT2D eigenvalue weighted by Gasteiger charge is 2.32. The molecule has 2 atom stereocenters. The number of benzene rings is 2. The number of nitrogens with one attached hydrogen (secondary N) is 1. The third-order valence-electron chi connectivity index (χ3n) is 4.76. The summed E-state index contributed by atoms with van der Waals surface area (Å²) in [6.45, 7) is 5.32. The first-order valence-corrected chi connectivity index (χ1v) is 11.5. The minimum atomic E-state index is -3.62. The van der Waals surface area contributed by atoms with Crippen molar-refractivity contribution in [3.8, 4) is 5.75 Å². The molecule has 1 saturated heterocycles. The van der Waals surface area contributed by atoms with E-state index >= 15 is 0 Å². The van der Waals surface area contributed by atoms with E-state index in [0.29, 0.717) is 38.2 Å². The molecule has 2 aromatic rings. The minimum absolute atomic E-state index is 0.153. The maximum atomic E-state index is 12.9. The molecule has 0 aromatic heterocycles. The molecule has 0 radical (unpaired) electrons. The Bertz CT molecular complexity index is 922. The Hall–Kier alpha value is -2.42. The lowest BCUT2D eigenvalue weighted by Gasteiger charge is -2.34. The fourth-order valence-electron chi connectivity index (χ4n) is 3.34. The average Bonchev–Trinajstić information content (AvgIpc) is 2.73. The summed E-state index contributed by atoms with van der Waals surface area (Å²) in [5.74, 6) is 0.553. The molecule has 0 spiro atoms. The maximum absolute atomic E-state index is 12.9. The SMILES string of the molecule is CC1CN(S(=O)(=O)c2ccc(C(=O)NCCCOc3ccccc3)cc2)CC(C)O1. The molecule has 2 aromatic carbocycles. The molecule has 30 heavy (non-hydrogen) atoms. The average molecular weight is 433 g/mol. The van der Waals surface area contributed by atoms with Gasteiger partial charge in [0, 0.05) is 25.2 Å². The predicted molar refractivity (Wildman–Crippen MR) is 114 cm³/mol. The molecule has 0 saturated carbocycles. The number of morpholine rings is 1. The highest BCUT2D eigenvalue weighted by Crippen LogP contribution is 2.21. The van der Waals surface area contributed by atoms with Gasteiger partial charge >= 0.3 is 0 Å². The van der Waals surface area contributed by atoms with E-state index in [0.717, 1.165) is 5.75 Å². The lowest BCUT2D eigenvalue weighted by molar-refractivity contribution is -0.0440. The van der Waals surface area contributed by atoms with Crippen LogP contribution in [0.2, 0.25) is 0 Å². The highest BCUT2D eigenvalue weighted by molar-refractivity contribution is 7.89. The second-order valence-electron chi connectivity index (χ2n) is 7.37. The third kappa shape index (κ3) is 5.81. The monoisotopic (exact) mass is 432 g/mol. The number of amides is 1. The van der Waals surface area contributed by atoms with Gasteiger partial charge in [0.25, 0.3) is 5.91 Å². The maximum Gasteiger partial charge on any atom is 0.251 e. The molecular formula is C22H28N2O5S. The summed E-state index contributed by atoms with van der Waals surface area (Å²) in [5, 5.41) is 2.82. The van der Waals surface area contributed by atoms with Gasteiger partial charge in [0.15, 0.2) is 0 Å². The van der Waals surface area contributed by atoms with Crippen molar-refractivity contribution in [1.29, 1.82) is 0 Å². The Balaban J connectivity index is 1.50. The lowest BCUT2D eigenvalue weighted by Crippen LogP contribution is -2.48. The van der Waals surface area contributed by atoms with E-state index < -0.39 is 10.0 Å². The van der Waals surface area contributed by atoms with Gasteiger partial charge in [0.2, 0.25) is 10.0 Å². The Morgan fingerprint density at radius 2 is 1.70 bits per heavy atom. The smallest absolute Gasteiger partial charge is 0.251 e. The Labute approximate surface area is 178 Å². The second-order valence-corrected chi connectivity index (χ2v) is 9.31. The molecule has 1 amide bonds. The standard InChI is InChI=1S/C22H28N2O5S/c1-17-15-24(16-18(2)29-17)30(26,27)21-11-9-19(10-12-21)22(25)23-13-6-14-28-20-7-4-3-5-8-20/h3-5,7-12,17-18H,6,13-16H2,1-2H3,(H,23,25). The van der Waals surface area contributed by atoms with Crippen LogP contribution in [0.25, 0.3) is 0 Å². The van der Waals surface area contributed by atoms with Gasteiger partial charge in [0.05, 0.1) is 23.7 Å². The predicted octanol–water partition coefficient (Wildman–Crippen LogP) is 2.68. The van der Waals surface area contributed by atoms with Gasteiger partial charge in [-0.05, 0) is 56.7 Å². The van der Waals surface area contributed by atoms with E-state index in [-0.39, 0.29) is 23.0 Å². The molecule has 8 heteroatoms. The van der Waals surface area contributed by atoms with E-state index in [1.165, 1.54) is 28.6 Å². The van der Waals surface area contributed by atoms with Crippen molar-refractivity contribution in [1.82, 2.24) is 9.62 Å². The normalized spacial score (nSPS) is 19.9. The summed E-state index contributed by atoms with van der Waals surface area (Å²) in [5.41, 5.74) is 0.418. The first-order valence-electron chi connectivity index (χ1n) is 10.1. The van der Waals surface area contributed by atoms with Gasteiger partial charge in [-0.25, -0.2) is 8.42 Å². The molecule has 1 aliphatic heterocycles. The van der Waals surface area contributed by atoms with E-state index in [1.807, 2.05) is 44.2 Å². The zero-order chi connectivity index (χ0) is 21.6. The van der Waals surface area contributed by atoms with E-state index in [4.69, 9.17) is 9.47 Å². The van der Waals surface area contributed by atoms with Crippen molar-refractivity contribution in [3.05, 3.63) is 60.2 Å². The number of sulfonamides is 1. The van der Waals surface area contributed by atoms with Gasteiger partial charge in [0.1, 0.15) is 5.75 Å². The van der Waals surface area contributed by atoms with Crippen LogP contribution in [0.3, 0.4) is 0 Å². The number of carbonyl (C=O) groups is 1. The molecule has 7 nitrogen and oxygen atoms in total. The van der Waals surface area contributed by atoms with Crippen LogP contribution in [0.15, 0.2) is 59.5 Å². The number of para-hydroxylation sites is 1. The van der Waals surface area contributed by atoms with Gasteiger partial charge in [-0.15, -0.1) is 0 Å². The van der Waals surface area contributed by atoms with E-state index in [1.54, 1.807) is 0 Å². The van der Waals surface area contributed by atoms with Crippen molar-refractivity contribution < 1.29 is 22.7 Å². The number of carbonyl (C=O) groups excluding carboxylic acids is 1. The van der Waals surface area contributed by atoms with Crippen LogP contribution in [-0.2, 0) is 14.8 Å². The Kier molecular flexibility index (Phi) is 7.47. The molecule has 162 valence electrons. The number of ether oxygens (including phenoxy) is 2. The van der Waals surface area contributed by atoms with Crippen molar-refractivity contribution in [3.63, 3.8) is 0 Å². The minimum Gasteiger partial charge on any atom is -0.494 e. The van der Waals surface area contributed by atoms with Gasteiger partial charge in [-0.3, -0.25) is 4.79 Å². The van der Waals surface area contributed by atoms with Crippen LogP contribution in [0, 0.1) is 0 Å². The van der Waals surface area contributed by atoms with Crippen LogP contribution in [-0.4, -0.2) is 57.1 Å². The quantitative estimate of drug-likeness (QED) is 0.649. The van der Waals surface area contributed by atoms with Gasteiger partial charge in [-0.1, -0.05) is 18.2 Å². The summed E-state index contributed by atoms with van der Waals surface area (Å²) >= 11 is 0. The Morgan fingerprint density at radius 1 is 1.07 bits per heavy atom. The summed E-state index contributed by atoms with van der Waals surface area (Å²) in [4.78, 5) is 12.5. The Morgan fingerprint density at radius 3 is 2.33 bits per heavy atom. The number of hydrogen-bond donors (Lipinski definition) is 1. The molecule has 1 aliphatic rings. The zero-order valence-electron chi connectivity index (χ0n) is 17.3.